The van der Waals surface area contributed by atoms with Crippen LogP contribution in [0.25, 0.3) is 5.76 Å². The third-order valence-corrected chi connectivity index (χ3v) is 5.05. The molecule has 1 saturated heterocycles. The highest BCUT2D eigenvalue weighted by Crippen LogP contribution is 2.39. The topological polar surface area (TPSA) is 57.6 Å². The molecule has 134 valence electrons. The largest absolute Gasteiger partial charge is 0.507 e. The van der Waals surface area contributed by atoms with Gasteiger partial charge >= 0.3 is 0 Å². The van der Waals surface area contributed by atoms with Crippen LogP contribution in [0.3, 0.4) is 0 Å². The Morgan fingerprint density at radius 1 is 1.08 bits per heavy atom. The zero-order valence-corrected chi connectivity index (χ0v) is 16.1. The number of carbonyl (C=O) groups is 2. The molecule has 0 unspecified atom stereocenters. The lowest BCUT2D eigenvalue weighted by Crippen LogP contribution is -2.30. The van der Waals surface area contributed by atoms with Crippen molar-refractivity contribution in [2.45, 2.75) is 25.8 Å². The molecule has 0 aliphatic carbocycles. The van der Waals surface area contributed by atoms with Crippen LogP contribution in [0.4, 0.5) is 0 Å². The number of likely N-dealkylation sites (tertiary alicyclic amines) is 1. The second kappa shape index (κ2) is 7.87. The average molecular weight is 414 g/mol. The van der Waals surface area contributed by atoms with Gasteiger partial charge in [-0.25, -0.2) is 0 Å². The first kappa shape index (κ1) is 18.4. The van der Waals surface area contributed by atoms with E-state index < -0.39 is 17.7 Å². The molecule has 1 heterocycles. The van der Waals surface area contributed by atoms with Crippen molar-refractivity contribution in [2.75, 3.05) is 6.54 Å². The van der Waals surface area contributed by atoms with Gasteiger partial charge in [-0.3, -0.25) is 9.59 Å². The van der Waals surface area contributed by atoms with Crippen LogP contribution in [0.1, 0.15) is 36.9 Å². The Balaban J connectivity index is 2.15. The standard InChI is InChI=1S/C21H20BrNO3/c1-2-3-13-23-18(14-9-11-16(22)12-10-14)17(20(25)21(23)26)19(24)15-7-5-4-6-8-15/h4-12,18,24H,2-3,13H2,1H3/t18-/m0/s1. The highest BCUT2D eigenvalue weighted by Gasteiger charge is 2.45. The fraction of sp³-hybridized carbons (Fsp3) is 0.238. The summed E-state index contributed by atoms with van der Waals surface area (Å²) < 4.78 is 0.912. The van der Waals surface area contributed by atoms with Crippen LogP contribution in [0.2, 0.25) is 0 Å². The van der Waals surface area contributed by atoms with Crippen molar-refractivity contribution in [1.82, 2.24) is 4.90 Å². The van der Waals surface area contributed by atoms with Gasteiger partial charge < -0.3 is 10.0 Å². The molecule has 4 nitrogen and oxygen atoms in total. The zero-order chi connectivity index (χ0) is 18.7. The number of hydrogen-bond donors (Lipinski definition) is 1. The minimum absolute atomic E-state index is 0.129. The van der Waals surface area contributed by atoms with Crippen molar-refractivity contribution in [2.24, 2.45) is 0 Å². The summed E-state index contributed by atoms with van der Waals surface area (Å²) in [6, 6.07) is 15.8. The highest BCUT2D eigenvalue weighted by atomic mass is 79.9. The summed E-state index contributed by atoms with van der Waals surface area (Å²) in [5.41, 5.74) is 1.49. The fourth-order valence-corrected chi connectivity index (χ4v) is 3.45. The molecule has 1 N–H and O–H groups in total. The molecule has 2 aromatic rings. The van der Waals surface area contributed by atoms with Crippen molar-refractivity contribution >= 4 is 33.4 Å². The van der Waals surface area contributed by atoms with Gasteiger partial charge in [0.2, 0.25) is 0 Å². The lowest BCUT2D eigenvalue weighted by Gasteiger charge is -2.25. The zero-order valence-electron chi connectivity index (χ0n) is 14.5. The third-order valence-electron chi connectivity index (χ3n) is 4.53. The van der Waals surface area contributed by atoms with Crippen LogP contribution in [0, 0.1) is 0 Å². The van der Waals surface area contributed by atoms with E-state index in [0.717, 1.165) is 22.9 Å². The molecule has 1 atom stereocenters. The van der Waals surface area contributed by atoms with Gasteiger partial charge in [0.25, 0.3) is 11.7 Å². The number of carbonyl (C=O) groups excluding carboxylic acids is 2. The van der Waals surface area contributed by atoms with E-state index in [4.69, 9.17) is 0 Å². The second-order valence-corrected chi connectivity index (χ2v) is 7.18. The predicted molar refractivity (Wildman–Crippen MR) is 105 cm³/mol. The van der Waals surface area contributed by atoms with Crippen molar-refractivity contribution in [3.8, 4) is 0 Å². The summed E-state index contributed by atoms with van der Waals surface area (Å²) in [4.78, 5) is 26.9. The Labute approximate surface area is 161 Å². The van der Waals surface area contributed by atoms with Gasteiger partial charge in [-0.05, 0) is 24.1 Å². The SMILES string of the molecule is CCCCN1C(=O)C(=O)C(=C(O)c2ccccc2)[C@@H]1c1ccc(Br)cc1. The number of aliphatic hydroxyl groups is 1. The Hall–Kier alpha value is -2.40. The molecule has 2 aromatic carbocycles. The lowest BCUT2D eigenvalue weighted by molar-refractivity contribution is -0.139. The molecule has 3 rings (SSSR count). The van der Waals surface area contributed by atoms with E-state index in [1.54, 1.807) is 29.2 Å². The Bertz CT molecular complexity index is 843. The number of unbranched alkanes of at least 4 members (excludes halogenated alkanes) is 1. The van der Waals surface area contributed by atoms with E-state index in [2.05, 4.69) is 15.9 Å². The minimum atomic E-state index is -0.629. The second-order valence-electron chi connectivity index (χ2n) is 6.26. The van der Waals surface area contributed by atoms with Crippen molar-refractivity contribution in [3.63, 3.8) is 0 Å². The molecule has 1 amide bonds. The number of ketones is 1. The molecule has 0 radical (unpaired) electrons. The number of hydrogen-bond acceptors (Lipinski definition) is 3. The van der Waals surface area contributed by atoms with E-state index in [0.29, 0.717) is 12.1 Å². The molecule has 0 bridgehead atoms. The molecular weight excluding hydrogens is 394 g/mol. The Morgan fingerprint density at radius 2 is 1.73 bits per heavy atom. The summed E-state index contributed by atoms with van der Waals surface area (Å²) in [6.45, 7) is 2.52. The van der Waals surface area contributed by atoms with Crippen LogP contribution < -0.4 is 0 Å². The van der Waals surface area contributed by atoms with Gasteiger partial charge in [0, 0.05) is 16.6 Å². The Morgan fingerprint density at radius 3 is 2.35 bits per heavy atom. The number of Topliss-reactive ketones (excluding diaryl/α,β-unsaturated/α-hetero) is 1. The van der Waals surface area contributed by atoms with Crippen molar-refractivity contribution < 1.29 is 14.7 Å². The lowest BCUT2D eigenvalue weighted by atomic mass is 9.95. The van der Waals surface area contributed by atoms with Crippen molar-refractivity contribution in [3.05, 3.63) is 75.8 Å². The van der Waals surface area contributed by atoms with E-state index in [1.807, 2.05) is 37.3 Å². The summed E-state index contributed by atoms with van der Waals surface area (Å²) in [5, 5.41) is 10.8. The number of nitrogens with zero attached hydrogens (tertiary/aromatic N) is 1. The number of halogens is 1. The van der Waals surface area contributed by atoms with Crippen LogP contribution >= 0.6 is 15.9 Å². The van der Waals surface area contributed by atoms with E-state index >= 15 is 0 Å². The number of aliphatic hydroxyl groups excluding tert-OH is 1. The molecule has 26 heavy (non-hydrogen) atoms. The first-order valence-electron chi connectivity index (χ1n) is 8.64. The molecular formula is C21H20BrNO3. The molecule has 5 heteroatoms. The maximum absolute atomic E-state index is 12.7. The van der Waals surface area contributed by atoms with Crippen LogP contribution in [-0.2, 0) is 9.59 Å². The molecule has 0 spiro atoms. The van der Waals surface area contributed by atoms with Gasteiger partial charge in [-0.1, -0.05) is 71.7 Å². The van der Waals surface area contributed by atoms with Gasteiger partial charge in [-0.15, -0.1) is 0 Å². The number of amides is 1. The normalized spacial score (nSPS) is 19.2. The van der Waals surface area contributed by atoms with Crippen LogP contribution in [0.5, 0.6) is 0 Å². The molecule has 0 saturated carbocycles. The van der Waals surface area contributed by atoms with Crippen LogP contribution in [-0.4, -0.2) is 28.2 Å². The third kappa shape index (κ3) is 3.44. The minimum Gasteiger partial charge on any atom is -0.507 e. The summed E-state index contributed by atoms with van der Waals surface area (Å²) >= 11 is 3.41. The number of benzene rings is 2. The molecule has 1 aliphatic rings. The highest BCUT2D eigenvalue weighted by molar-refractivity contribution is 9.10. The summed E-state index contributed by atoms with van der Waals surface area (Å²) in [5.74, 6) is -1.31. The first-order valence-corrected chi connectivity index (χ1v) is 9.43. The van der Waals surface area contributed by atoms with Gasteiger partial charge in [-0.2, -0.15) is 0 Å². The smallest absolute Gasteiger partial charge is 0.295 e. The van der Waals surface area contributed by atoms with Gasteiger partial charge in [0.05, 0.1) is 11.6 Å². The summed E-state index contributed by atoms with van der Waals surface area (Å²) in [7, 11) is 0. The van der Waals surface area contributed by atoms with Crippen LogP contribution in [0.15, 0.2) is 64.6 Å². The van der Waals surface area contributed by atoms with E-state index in [1.165, 1.54) is 0 Å². The van der Waals surface area contributed by atoms with E-state index in [-0.39, 0.29) is 11.3 Å². The van der Waals surface area contributed by atoms with E-state index in [9.17, 15) is 14.7 Å². The first-order chi connectivity index (χ1) is 12.5. The quantitative estimate of drug-likeness (QED) is 0.440. The van der Waals surface area contributed by atoms with Gasteiger partial charge in [0.1, 0.15) is 5.76 Å². The predicted octanol–water partition coefficient (Wildman–Crippen LogP) is 4.67. The number of rotatable bonds is 5. The Kier molecular flexibility index (Phi) is 5.57. The monoisotopic (exact) mass is 413 g/mol. The fourth-order valence-electron chi connectivity index (χ4n) is 3.18. The molecule has 0 aromatic heterocycles. The van der Waals surface area contributed by atoms with Gasteiger partial charge in [0.15, 0.2) is 0 Å². The average Bonchev–Trinajstić information content (AvgIpc) is 2.91. The molecule has 1 fully saturated rings. The van der Waals surface area contributed by atoms with Crippen molar-refractivity contribution in [1.29, 1.82) is 0 Å². The summed E-state index contributed by atoms with van der Waals surface area (Å²) in [6.07, 6.45) is 1.71. The maximum atomic E-state index is 12.7. The maximum Gasteiger partial charge on any atom is 0.295 e. The molecule has 1 aliphatic heterocycles.